The third kappa shape index (κ3) is 2.37. The van der Waals surface area contributed by atoms with Crippen LogP contribution >= 0.6 is 0 Å². The minimum absolute atomic E-state index is 0.699. The fourth-order valence-corrected chi connectivity index (χ4v) is 1.46. The molecule has 15 heavy (non-hydrogen) atoms. The van der Waals surface area contributed by atoms with Gasteiger partial charge in [0.1, 0.15) is 0 Å². The van der Waals surface area contributed by atoms with Gasteiger partial charge in [-0.3, -0.25) is 0 Å². The summed E-state index contributed by atoms with van der Waals surface area (Å²) in [5.41, 5.74) is 1.26. The van der Waals surface area contributed by atoms with Gasteiger partial charge in [0.25, 0.3) is 0 Å². The van der Waals surface area contributed by atoms with Crippen LogP contribution in [0, 0.1) is 6.92 Å². The van der Waals surface area contributed by atoms with E-state index < -0.39 is 0 Å². The molecule has 1 aromatic heterocycles. The molecule has 0 saturated carbocycles. The number of benzene rings is 1. The van der Waals surface area contributed by atoms with Crippen molar-refractivity contribution in [1.29, 1.82) is 0 Å². The lowest BCUT2D eigenvalue weighted by Gasteiger charge is -2.14. The largest absolute Gasteiger partial charge is 0.425 e. The SMILES string of the molecule is Cc1ncc(N(C)Cc2ccccc2)o1. The van der Waals surface area contributed by atoms with Crippen molar-refractivity contribution in [3.05, 3.63) is 48.0 Å². The topological polar surface area (TPSA) is 29.3 Å². The Morgan fingerprint density at radius 3 is 2.60 bits per heavy atom. The molecule has 0 atom stereocenters. The van der Waals surface area contributed by atoms with Crippen LogP contribution < -0.4 is 4.90 Å². The first kappa shape index (κ1) is 9.77. The molecular formula is C12H14N2O. The lowest BCUT2D eigenvalue weighted by Crippen LogP contribution is -2.15. The van der Waals surface area contributed by atoms with E-state index in [4.69, 9.17) is 4.42 Å². The van der Waals surface area contributed by atoms with Crippen molar-refractivity contribution < 1.29 is 4.42 Å². The van der Waals surface area contributed by atoms with Crippen molar-refractivity contribution >= 4 is 5.88 Å². The van der Waals surface area contributed by atoms with E-state index in [2.05, 4.69) is 17.1 Å². The van der Waals surface area contributed by atoms with Crippen molar-refractivity contribution in [2.24, 2.45) is 0 Å². The summed E-state index contributed by atoms with van der Waals surface area (Å²) in [5, 5.41) is 0. The van der Waals surface area contributed by atoms with Crippen molar-refractivity contribution in [1.82, 2.24) is 4.98 Å². The van der Waals surface area contributed by atoms with E-state index in [0.717, 1.165) is 12.4 Å². The second kappa shape index (κ2) is 4.17. The van der Waals surface area contributed by atoms with Crippen LogP contribution in [-0.4, -0.2) is 12.0 Å². The maximum Gasteiger partial charge on any atom is 0.216 e. The zero-order valence-corrected chi connectivity index (χ0v) is 8.97. The number of rotatable bonds is 3. The number of anilines is 1. The summed E-state index contributed by atoms with van der Waals surface area (Å²) in [5.74, 6) is 1.50. The Balaban J connectivity index is 2.07. The van der Waals surface area contributed by atoms with E-state index >= 15 is 0 Å². The molecule has 0 aliphatic heterocycles. The molecule has 78 valence electrons. The van der Waals surface area contributed by atoms with E-state index in [9.17, 15) is 0 Å². The number of nitrogens with zero attached hydrogens (tertiary/aromatic N) is 2. The van der Waals surface area contributed by atoms with Crippen molar-refractivity contribution in [2.75, 3.05) is 11.9 Å². The number of oxazole rings is 1. The monoisotopic (exact) mass is 202 g/mol. The van der Waals surface area contributed by atoms with Gasteiger partial charge in [-0.2, -0.15) is 0 Å². The van der Waals surface area contributed by atoms with Gasteiger partial charge in [-0.1, -0.05) is 30.3 Å². The minimum Gasteiger partial charge on any atom is -0.425 e. The van der Waals surface area contributed by atoms with Crippen LogP contribution in [-0.2, 0) is 6.54 Å². The Bertz CT molecular complexity index is 422. The van der Waals surface area contributed by atoms with Gasteiger partial charge in [0.15, 0.2) is 5.89 Å². The second-order valence-corrected chi connectivity index (χ2v) is 3.56. The average Bonchev–Trinajstić information content (AvgIpc) is 2.66. The van der Waals surface area contributed by atoms with Gasteiger partial charge in [0, 0.05) is 20.5 Å². The molecule has 0 saturated heterocycles. The first-order valence-electron chi connectivity index (χ1n) is 4.93. The van der Waals surface area contributed by atoms with Gasteiger partial charge in [0.2, 0.25) is 5.88 Å². The highest BCUT2D eigenvalue weighted by molar-refractivity contribution is 5.33. The molecular weight excluding hydrogens is 188 g/mol. The van der Waals surface area contributed by atoms with Crippen LogP contribution in [0.3, 0.4) is 0 Å². The zero-order valence-electron chi connectivity index (χ0n) is 8.97. The summed E-state index contributed by atoms with van der Waals surface area (Å²) < 4.78 is 5.43. The first-order valence-corrected chi connectivity index (χ1v) is 4.93. The molecule has 0 aliphatic rings. The molecule has 0 N–H and O–H groups in total. The number of hydrogen-bond donors (Lipinski definition) is 0. The van der Waals surface area contributed by atoms with Crippen molar-refractivity contribution in [2.45, 2.75) is 13.5 Å². The molecule has 0 aliphatic carbocycles. The Morgan fingerprint density at radius 1 is 1.27 bits per heavy atom. The Hall–Kier alpha value is -1.77. The molecule has 3 heteroatoms. The lowest BCUT2D eigenvalue weighted by molar-refractivity contribution is 0.514. The molecule has 0 bridgehead atoms. The van der Waals surface area contributed by atoms with E-state index in [1.54, 1.807) is 6.20 Å². The van der Waals surface area contributed by atoms with Crippen LogP contribution in [0.25, 0.3) is 0 Å². The highest BCUT2D eigenvalue weighted by Crippen LogP contribution is 2.15. The minimum atomic E-state index is 0.699. The lowest BCUT2D eigenvalue weighted by atomic mass is 10.2. The van der Waals surface area contributed by atoms with Crippen LogP contribution in [0.1, 0.15) is 11.5 Å². The molecule has 3 nitrogen and oxygen atoms in total. The number of aryl methyl sites for hydroxylation is 1. The van der Waals surface area contributed by atoms with Crippen LogP contribution in [0.5, 0.6) is 0 Å². The highest BCUT2D eigenvalue weighted by atomic mass is 16.4. The predicted molar refractivity (Wildman–Crippen MR) is 59.8 cm³/mol. The van der Waals surface area contributed by atoms with Crippen molar-refractivity contribution in [3.8, 4) is 0 Å². The average molecular weight is 202 g/mol. The van der Waals surface area contributed by atoms with Gasteiger partial charge in [-0.15, -0.1) is 0 Å². The molecule has 1 heterocycles. The van der Waals surface area contributed by atoms with E-state index in [1.165, 1.54) is 5.56 Å². The molecule has 0 amide bonds. The van der Waals surface area contributed by atoms with E-state index in [1.807, 2.05) is 37.1 Å². The van der Waals surface area contributed by atoms with E-state index in [0.29, 0.717) is 5.89 Å². The molecule has 2 rings (SSSR count). The van der Waals surface area contributed by atoms with Crippen molar-refractivity contribution in [3.63, 3.8) is 0 Å². The molecule has 0 spiro atoms. The standard InChI is InChI=1S/C12H14N2O/c1-10-13-8-12(15-10)14(2)9-11-6-4-3-5-7-11/h3-8H,9H2,1-2H3. The second-order valence-electron chi connectivity index (χ2n) is 3.56. The van der Waals surface area contributed by atoms with Crippen LogP contribution in [0.15, 0.2) is 40.9 Å². The van der Waals surface area contributed by atoms with E-state index in [-0.39, 0.29) is 0 Å². The molecule has 0 unspecified atom stereocenters. The first-order chi connectivity index (χ1) is 7.25. The molecule has 0 fully saturated rings. The summed E-state index contributed by atoms with van der Waals surface area (Å²) in [4.78, 5) is 6.11. The summed E-state index contributed by atoms with van der Waals surface area (Å²) in [6, 6.07) is 10.3. The number of hydrogen-bond acceptors (Lipinski definition) is 3. The highest BCUT2D eigenvalue weighted by Gasteiger charge is 2.06. The van der Waals surface area contributed by atoms with Gasteiger partial charge in [-0.25, -0.2) is 4.98 Å². The molecule has 2 aromatic rings. The molecule has 1 aromatic carbocycles. The third-order valence-corrected chi connectivity index (χ3v) is 2.25. The smallest absolute Gasteiger partial charge is 0.216 e. The van der Waals surface area contributed by atoms with Gasteiger partial charge in [0.05, 0.1) is 6.20 Å². The fraction of sp³-hybridized carbons (Fsp3) is 0.250. The normalized spacial score (nSPS) is 10.3. The number of aromatic nitrogens is 1. The Labute approximate surface area is 89.4 Å². The maximum atomic E-state index is 5.43. The van der Waals surface area contributed by atoms with Gasteiger partial charge in [-0.05, 0) is 5.56 Å². The maximum absolute atomic E-state index is 5.43. The van der Waals surface area contributed by atoms with Crippen LogP contribution in [0.4, 0.5) is 5.88 Å². The van der Waals surface area contributed by atoms with Gasteiger partial charge >= 0.3 is 0 Å². The fourth-order valence-electron chi connectivity index (χ4n) is 1.46. The Kier molecular flexibility index (Phi) is 2.72. The quantitative estimate of drug-likeness (QED) is 0.766. The third-order valence-electron chi connectivity index (χ3n) is 2.25. The zero-order chi connectivity index (χ0) is 10.7. The van der Waals surface area contributed by atoms with Crippen LogP contribution in [0.2, 0.25) is 0 Å². The summed E-state index contributed by atoms with van der Waals surface area (Å²) >= 11 is 0. The summed E-state index contributed by atoms with van der Waals surface area (Å²) in [6.45, 7) is 2.68. The molecule has 0 radical (unpaired) electrons. The predicted octanol–water partition coefficient (Wildman–Crippen LogP) is 2.62. The summed E-state index contributed by atoms with van der Waals surface area (Å²) in [7, 11) is 1.99. The van der Waals surface area contributed by atoms with Gasteiger partial charge < -0.3 is 9.32 Å². The Morgan fingerprint density at radius 2 is 2.00 bits per heavy atom. The summed E-state index contributed by atoms with van der Waals surface area (Å²) in [6.07, 6.45) is 1.75.